The Morgan fingerprint density at radius 3 is 2.70 bits per heavy atom. The smallest absolute Gasteiger partial charge is 0.138 e. The average molecular weight is 327 g/mol. The Kier molecular flexibility index (Phi) is 4.59. The minimum Gasteiger partial charge on any atom is -0.396 e. The number of nitrogens with zero attached hydrogens (tertiary/aromatic N) is 2. The van der Waals surface area contributed by atoms with Gasteiger partial charge in [-0.25, -0.2) is 9.97 Å². The zero-order valence-corrected chi connectivity index (χ0v) is 14.2. The van der Waals surface area contributed by atoms with Gasteiger partial charge in [0.25, 0.3) is 0 Å². The molecular formula is C18H21N3OS. The second-order valence-electron chi connectivity index (χ2n) is 6.41. The average Bonchev–Trinajstić information content (AvgIpc) is 2.98. The van der Waals surface area contributed by atoms with Crippen LogP contribution in [0.4, 0.5) is 5.82 Å². The van der Waals surface area contributed by atoms with Crippen LogP contribution < -0.4 is 5.32 Å². The van der Waals surface area contributed by atoms with Gasteiger partial charge in [0.2, 0.25) is 0 Å². The number of fused-ring (bicyclic) bond motifs is 1. The number of rotatable bonds is 6. The van der Waals surface area contributed by atoms with E-state index in [1.165, 1.54) is 10.4 Å². The quantitative estimate of drug-likeness (QED) is 0.713. The molecule has 0 aliphatic heterocycles. The molecule has 0 fully saturated rings. The van der Waals surface area contributed by atoms with Gasteiger partial charge in [-0.05, 0) is 23.5 Å². The minimum atomic E-state index is 0.0182. The van der Waals surface area contributed by atoms with Crippen molar-refractivity contribution in [2.24, 2.45) is 5.41 Å². The number of aliphatic hydroxyl groups is 1. The van der Waals surface area contributed by atoms with Gasteiger partial charge in [-0.1, -0.05) is 44.2 Å². The molecule has 0 amide bonds. The normalized spacial score (nSPS) is 11.8. The lowest BCUT2D eigenvalue weighted by Crippen LogP contribution is -2.24. The summed E-state index contributed by atoms with van der Waals surface area (Å²) >= 11 is 1.68. The number of hydrogen-bond donors (Lipinski definition) is 2. The first-order valence-corrected chi connectivity index (χ1v) is 8.55. The van der Waals surface area contributed by atoms with Crippen LogP contribution in [0.15, 0.2) is 42.7 Å². The summed E-state index contributed by atoms with van der Waals surface area (Å²) in [5.41, 5.74) is 1.21. The molecule has 0 bridgehead atoms. The summed E-state index contributed by atoms with van der Waals surface area (Å²) in [5.74, 6) is 0.861. The molecule has 0 saturated carbocycles. The number of anilines is 1. The molecule has 2 aromatic heterocycles. The van der Waals surface area contributed by atoms with Gasteiger partial charge in [-0.3, -0.25) is 0 Å². The van der Waals surface area contributed by atoms with Crippen molar-refractivity contribution in [2.45, 2.75) is 20.3 Å². The Morgan fingerprint density at radius 2 is 1.96 bits per heavy atom. The van der Waals surface area contributed by atoms with Crippen LogP contribution in [0.5, 0.6) is 0 Å². The molecular weight excluding hydrogens is 306 g/mol. The lowest BCUT2D eigenvalue weighted by Gasteiger charge is -2.24. The highest BCUT2D eigenvalue weighted by Gasteiger charge is 2.18. The molecule has 0 saturated heterocycles. The lowest BCUT2D eigenvalue weighted by molar-refractivity contribution is 0.220. The van der Waals surface area contributed by atoms with Gasteiger partial charge in [0.05, 0.1) is 5.39 Å². The van der Waals surface area contributed by atoms with E-state index in [4.69, 9.17) is 5.11 Å². The van der Waals surface area contributed by atoms with Gasteiger partial charge in [-0.2, -0.15) is 0 Å². The molecule has 0 radical (unpaired) electrons. The van der Waals surface area contributed by atoms with Crippen LogP contribution in [0, 0.1) is 5.41 Å². The maximum atomic E-state index is 9.15. The molecule has 4 nitrogen and oxygen atoms in total. The van der Waals surface area contributed by atoms with Crippen LogP contribution in [-0.2, 0) is 0 Å². The van der Waals surface area contributed by atoms with Crippen molar-refractivity contribution in [1.82, 2.24) is 9.97 Å². The van der Waals surface area contributed by atoms with E-state index in [9.17, 15) is 0 Å². The topological polar surface area (TPSA) is 58.0 Å². The second-order valence-corrected chi connectivity index (χ2v) is 7.44. The summed E-state index contributed by atoms with van der Waals surface area (Å²) < 4.78 is 0. The number of nitrogens with one attached hydrogen (secondary N) is 1. The summed E-state index contributed by atoms with van der Waals surface area (Å²) in [6.07, 6.45) is 2.36. The predicted octanol–water partition coefficient (Wildman–Crippen LogP) is 4.18. The molecule has 2 N–H and O–H groups in total. The van der Waals surface area contributed by atoms with E-state index in [2.05, 4.69) is 47.3 Å². The van der Waals surface area contributed by atoms with E-state index < -0.39 is 0 Å². The first-order valence-electron chi connectivity index (χ1n) is 7.74. The van der Waals surface area contributed by atoms with Crippen molar-refractivity contribution < 1.29 is 5.11 Å². The number of benzene rings is 1. The lowest BCUT2D eigenvalue weighted by atomic mass is 9.90. The predicted molar refractivity (Wildman–Crippen MR) is 96.8 cm³/mol. The monoisotopic (exact) mass is 327 g/mol. The summed E-state index contributed by atoms with van der Waals surface area (Å²) in [6, 6.07) is 12.5. The van der Waals surface area contributed by atoms with E-state index in [1.807, 2.05) is 18.2 Å². The first kappa shape index (κ1) is 15.9. The maximum absolute atomic E-state index is 9.15. The van der Waals surface area contributed by atoms with E-state index in [0.29, 0.717) is 0 Å². The van der Waals surface area contributed by atoms with Gasteiger partial charge in [0.15, 0.2) is 0 Å². The highest BCUT2D eigenvalue weighted by Crippen LogP contribution is 2.35. The van der Waals surface area contributed by atoms with Crippen LogP contribution >= 0.6 is 11.3 Å². The van der Waals surface area contributed by atoms with Crippen LogP contribution in [-0.4, -0.2) is 28.2 Å². The second kappa shape index (κ2) is 6.64. The van der Waals surface area contributed by atoms with E-state index in [0.717, 1.165) is 29.0 Å². The van der Waals surface area contributed by atoms with Crippen molar-refractivity contribution in [3.63, 3.8) is 0 Å². The minimum absolute atomic E-state index is 0.0182. The SMILES string of the molecule is CC(C)(CCO)CNc1ncnc2sc(-c3ccccc3)cc12. The summed E-state index contributed by atoms with van der Waals surface area (Å²) in [7, 11) is 0. The Balaban J connectivity index is 1.88. The largest absolute Gasteiger partial charge is 0.396 e. The van der Waals surface area contributed by atoms with Gasteiger partial charge in [0, 0.05) is 18.0 Å². The zero-order valence-electron chi connectivity index (χ0n) is 13.4. The van der Waals surface area contributed by atoms with Crippen molar-refractivity contribution >= 4 is 27.4 Å². The van der Waals surface area contributed by atoms with Crippen LogP contribution in [0.1, 0.15) is 20.3 Å². The Morgan fingerprint density at radius 1 is 1.17 bits per heavy atom. The molecule has 0 atom stereocenters. The van der Waals surface area contributed by atoms with Crippen molar-refractivity contribution in [3.05, 3.63) is 42.7 Å². The molecule has 1 aromatic carbocycles. The van der Waals surface area contributed by atoms with E-state index in [1.54, 1.807) is 17.7 Å². The first-order chi connectivity index (χ1) is 11.1. The molecule has 0 aliphatic carbocycles. The number of aliphatic hydroxyl groups excluding tert-OH is 1. The fourth-order valence-corrected chi connectivity index (χ4v) is 3.46. The summed E-state index contributed by atoms with van der Waals surface area (Å²) in [6.45, 7) is 5.23. The molecule has 3 rings (SSSR count). The highest BCUT2D eigenvalue weighted by molar-refractivity contribution is 7.21. The van der Waals surface area contributed by atoms with Crippen molar-refractivity contribution in [1.29, 1.82) is 0 Å². The number of thiophene rings is 1. The number of hydrogen-bond acceptors (Lipinski definition) is 5. The van der Waals surface area contributed by atoms with Gasteiger partial charge >= 0.3 is 0 Å². The van der Waals surface area contributed by atoms with Gasteiger partial charge < -0.3 is 10.4 Å². The molecule has 0 unspecified atom stereocenters. The Hall–Kier alpha value is -1.98. The van der Waals surface area contributed by atoms with Gasteiger partial charge in [-0.15, -0.1) is 11.3 Å². The molecule has 0 spiro atoms. The standard InChI is InChI=1S/C18H21N3OS/c1-18(2,8-9-22)11-19-16-14-10-15(13-6-4-3-5-7-13)23-17(14)21-12-20-16/h3-7,10,12,22H,8-9,11H2,1-2H3,(H,19,20,21). The molecule has 5 heteroatoms. The summed E-state index contributed by atoms with van der Waals surface area (Å²) in [4.78, 5) is 11.0. The molecule has 0 aliphatic rings. The van der Waals surface area contributed by atoms with Gasteiger partial charge in [0.1, 0.15) is 17.0 Å². The third-order valence-electron chi connectivity index (χ3n) is 3.91. The fourth-order valence-electron chi connectivity index (χ4n) is 2.46. The Labute approximate surface area is 140 Å². The molecule has 120 valence electrons. The van der Waals surface area contributed by atoms with E-state index in [-0.39, 0.29) is 12.0 Å². The van der Waals surface area contributed by atoms with E-state index >= 15 is 0 Å². The highest BCUT2D eigenvalue weighted by atomic mass is 32.1. The van der Waals surface area contributed by atoms with Crippen LogP contribution in [0.25, 0.3) is 20.7 Å². The maximum Gasteiger partial charge on any atom is 0.138 e. The number of aromatic nitrogens is 2. The zero-order chi connectivity index (χ0) is 16.3. The van der Waals surface area contributed by atoms with Crippen LogP contribution in [0.3, 0.4) is 0 Å². The summed E-state index contributed by atoms with van der Waals surface area (Å²) in [5, 5.41) is 13.6. The third-order valence-corrected chi connectivity index (χ3v) is 5.00. The van der Waals surface area contributed by atoms with Crippen molar-refractivity contribution in [3.8, 4) is 10.4 Å². The third kappa shape index (κ3) is 3.68. The Bertz CT molecular complexity index is 783. The van der Waals surface area contributed by atoms with Crippen molar-refractivity contribution in [2.75, 3.05) is 18.5 Å². The van der Waals surface area contributed by atoms with Crippen LogP contribution in [0.2, 0.25) is 0 Å². The molecule has 2 heterocycles. The molecule has 23 heavy (non-hydrogen) atoms. The molecule has 3 aromatic rings. The fraction of sp³-hybridized carbons (Fsp3) is 0.333.